The van der Waals surface area contributed by atoms with Crippen LogP contribution in [-0.4, -0.2) is 41.8 Å². The second-order valence-corrected chi connectivity index (χ2v) is 4.59. The number of alkyl halides is 3. The summed E-state index contributed by atoms with van der Waals surface area (Å²) >= 11 is 0. The normalized spacial score (nSPS) is 13.2. The van der Waals surface area contributed by atoms with E-state index in [-0.39, 0.29) is 24.4 Å². The number of hydrogen-bond donors (Lipinski definition) is 2. The molecule has 0 fully saturated rings. The van der Waals surface area contributed by atoms with E-state index in [9.17, 15) is 13.2 Å². The molecule has 0 saturated carbocycles. The van der Waals surface area contributed by atoms with Gasteiger partial charge in [-0.15, -0.1) is 0 Å². The van der Waals surface area contributed by atoms with Gasteiger partial charge in [0.2, 0.25) is 5.95 Å². The molecule has 0 bridgehead atoms. The van der Waals surface area contributed by atoms with Crippen molar-refractivity contribution < 1.29 is 18.3 Å². The minimum atomic E-state index is -4.52. The number of rotatable bonds is 6. The third-order valence-electron chi connectivity index (χ3n) is 2.76. The lowest BCUT2D eigenvalue weighted by molar-refractivity contribution is -0.141. The molecule has 1 rings (SSSR count). The maximum absolute atomic E-state index is 12.8. The number of halogens is 3. The molecule has 5 nitrogen and oxygen atoms in total. The summed E-state index contributed by atoms with van der Waals surface area (Å²) in [4.78, 5) is 9.02. The van der Waals surface area contributed by atoms with Crippen molar-refractivity contribution in [1.82, 2.24) is 9.97 Å². The van der Waals surface area contributed by atoms with Crippen LogP contribution in [0.25, 0.3) is 0 Å². The zero-order valence-electron chi connectivity index (χ0n) is 11.7. The van der Waals surface area contributed by atoms with Gasteiger partial charge in [0, 0.05) is 32.8 Å². The van der Waals surface area contributed by atoms with Crippen LogP contribution in [-0.2, 0) is 6.18 Å². The molecule has 20 heavy (non-hydrogen) atoms. The number of aliphatic hydroxyl groups is 1. The predicted molar refractivity (Wildman–Crippen MR) is 70.8 cm³/mol. The number of anilines is 2. The summed E-state index contributed by atoms with van der Waals surface area (Å²) in [5, 5.41) is 11.7. The Balaban J connectivity index is 3.09. The molecule has 1 aromatic rings. The third kappa shape index (κ3) is 4.52. The number of nitrogens with zero attached hydrogens (tertiary/aromatic N) is 3. The first-order chi connectivity index (χ1) is 9.27. The van der Waals surface area contributed by atoms with Crippen molar-refractivity contribution in [2.45, 2.75) is 32.0 Å². The van der Waals surface area contributed by atoms with Gasteiger partial charge in [-0.2, -0.15) is 18.2 Å². The smallest absolute Gasteiger partial charge is 0.396 e. The van der Waals surface area contributed by atoms with Crippen LogP contribution in [0.1, 0.15) is 25.5 Å². The van der Waals surface area contributed by atoms with Crippen LogP contribution in [0.2, 0.25) is 0 Å². The molecule has 2 N–H and O–H groups in total. The van der Waals surface area contributed by atoms with Gasteiger partial charge in [0.1, 0.15) is 5.82 Å². The van der Waals surface area contributed by atoms with Crippen molar-refractivity contribution in [1.29, 1.82) is 0 Å². The van der Waals surface area contributed by atoms with Gasteiger partial charge in [-0.1, -0.05) is 6.92 Å². The van der Waals surface area contributed by atoms with E-state index < -0.39 is 11.9 Å². The first-order valence-electron chi connectivity index (χ1n) is 6.29. The van der Waals surface area contributed by atoms with Crippen LogP contribution < -0.4 is 10.2 Å². The Labute approximate surface area is 115 Å². The largest absolute Gasteiger partial charge is 0.433 e. The predicted octanol–water partition coefficient (Wildman–Crippen LogP) is 2.13. The van der Waals surface area contributed by atoms with Crippen molar-refractivity contribution in [3.8, 4) is 0 Å². The van der Waals surface area contributed by atoms with E-state index >= 15 is 0 Å². The van der Waals surface area contributed by atoms with Crippen LogP contribution in [0.5, 0.6) is 0 Å². The SMILES string of the molecule is CCC(CCO)Nc1nc(N(C)C)cc(C(F)(F)F)n1. The van der Waals surface area contributed by atoms with Crippen molar-refractivity contribution in [2.24, 2.45) is 0 Å². The minimum Gasteiger partial charge on any atom is -0.396 e. The van der Waals surface area contributed by atoms with Gasteiger partial charge in [0.05, 0.1) is 0 Å². The fourth-order valence-corrected chi connectivity index (χ4v) is 1.59. The second-order valence-electron chi connectivity index (χ2n) is 4.59. The van der Waals surface area contributed by atoms with Crippen molar-refractivity contribution >= 4 is 11.8 Å². The van der Waals surface area contributed by atoms with Crippen LogP contribution in [0, 0.1) is 0 Å². The van der Waals surface area contributed by atoms with E-state index in [0.717, 1.165) is 6.07 Å². The molecule has 8 heteroatoms. The minimum absolute atomic E-state index is 0.0506. The molecule has 1 unspecified atom stereocenters. The molecule has 1 atom stereocenters. The lowest BCUT2D eigenvalue weighted by Gasteiger charge is -2.19. The number of aromatic nitrogens is 2. The highest BCUT2D eigenvalue weighted by Gasteiger charge is 2.34. The Hall–Kier alpha value is -1.57. The van der Waals surface area contributed by atoms with E-state index in [1.807, 2.05) is 6.92 Å². The van der Waals surface area contributed by atoms with Gasteiger partial charge in [0.25, 0.3) is 0 Å². The molecule has 0 radical (unpaired) electrons. The maximum atomic E-state index is 12.8. The average Bonchev–Trinajstić information content (AvgIpc) is 2.36. The van der Waals surface area contributed by atoms with Crippen molar-refractivity contribution in [3.05, 3.63) is 11.8 Å². The van der Waals surface area contributed by atoms with E-state index in [1.165, 1.54) is 4.90 Å². The first kappa shape index (κ1) is 16.5. The monoisotopic (exact) mass is 292 g/mol. The molecular formula is C12H19F3N4O. The Morgan fingerprint density at radius 3 is 2.45 bits per heavy atom. The van der Waals surface area contributed by atoms with Crippen LogP contribution in [0.3, 0.4) is 0 Å². The molecule has 0 amide bonds. The maximum Gasteiger partial charge on any atom is 0.433 e. The highest BCUT2D eigenvalue weighted by molar-refractivity contribution is 5.44. The van der Waals surface area contributed by atoms with Crippen LogP contribution in [0.4, 0.5) is 24.9 Å². The average molecular weight is 292 g/mol. The molecule has 114 valence electrons. The Morgan fingerprint density at radius 1 is 1.35 bits per heavy atom. The summed E-state index contributed by atoms with van der Waals surface area (Å²) in [6.07, 6.45) is -3.45. The summed E-state index contributed by atoms with van der Waals surface area (Å²) in [7, 11) is 3.22. The van der Waals surface area contributed by atoms with Crippen LogP contribution >= 0.6 is 0 Å². The molecule has 0 aliphatic heterocycles. The molecule has 1 aromatic heterocycles. The van der Waals surface area contributed by atoms with Crippen LogP contribution in [0.15, 0.2) is 6.07 Å². The molecule has 0 aromatic carbocycles. The standard InChI is InChI=1S/C12H19F3N4O/c1-4-8(5-6-20)16-11-17-9(12(13,14)15)7-10(18-11)19(2)3/h7-8,20H,4-6H2,1-3H3,(H,16,17,18). The van der Waals surface area contributed by atoms with Gasteiger partial charge in [0.15, 0.2) is 5.69 Å². The Bertz CT molecular complexity index is 437. The molecule has 0 saturated heterocycles. The summed E-state index contributed by atoms with van der Waals surface area (Å²) in [6.45, 7) is 1.82. The summed E-state index contributed by atoms with van der Waals surface area (Å²) in [6, 6.07) is 0.733. The van der Waals surface area contributed by atoms with E-state index in [2.05, 4.69) is 15.3 Å². The van der Waals surface area contributed by atoms with E-state index in [4.69, 9.17) is 5.11 Å². The van der Waals surface area contributed by atoms with Crippen molar-refractivity contribution in [3.63, 3.8) is 0 Å². The first-order valence-corrected chi connectivity index (χ1v) is 6.29. The van der Waals surface area contributed by atoms with Crippen molar-refractivity contribution in [2.75, 3.05) is 30.9 Å². The highest BCUT2D eigenvalue weighted by atomic mass is 19.4. The quantitative estimate of drug-likeness (QED) is 0.841. The lowest BCUT2D eigenvalue weighted by atomic mass is 10.2. The Kier molecular flexibility index (Phi) is 5.55. The van der Waals surface area contributed by atoms with Gasteiger partial charge in [-0.05, 0) is 12.8 Å². The fourth-order valence-electron chi connectivity index (χ4n) is 1.59. The number of hydrogen-bond acceptors (Lipinski definition) is 5. The highest BCUT2D eigenvalue weighted by Crippen LogP contribution is 2.30. The summed E-state index contributed by atoms with van der Waals surface area (Å²) in [5.41, 5.74) is -0.988. The molecular weight excluding hydrogens is 273 g/mol. The third-order valence-corrected chi connectivity index (χ3v) is 2.76. The summed E-state index contributed by atoms with van der Waals surface area (Å²) in [5.74, 6) is 0.0949. The summed E-state index contributed by atoms with van der Waals surface area (Å²) < 4.78 is 38.4. The molecule has 0 aliphatic carbocycles. The second kappa shape index (κ2) is 6.74. The van der Waals surface area contributed by atoms with Gasteiger partial charge in [-0.3, -0.25) is 0 Å². The van der Waals surface area contributed by atoms with E-state index in [0.29, 0.717) is 12.8 Å². The van der Waals surface area contributed by atoms with Gasteiger partial charge in [-0.25, -0.2) is 4.98 Å². The fraction of sp³-hybridized carbons (Fsp3) is 0.667. The lowest BCUT2D eigenvalue weighted by Crippen LogP contribution is -2.24. The molecule has 0 spiro atoms. The van der Waals surface area contributed by atoms with Gasteiger partial charge < -0.3 is 15.3 Å². The zero-order valence-corrected chi connectivity index (χ0v) is 11.7. The number of nitrogens with one attached hydrogen (secondary N) is 1. The molecule has 0 aliphatic rings. The van der Waals surface area contributed by atoms with E-state index in [1.54, 1.807) is 14.1 Å². The molecule has 1 heterocycles. The van der Waals surface area contributed by atoms with Gasteiger partial charge >= 0.3 is 6.18 Å². The number of aliphatic hydroxyl groups excluding tert-OH is 1. The topological polar surface area (TPSA) is 61.3 Å². The zero-order chi connectivity index (χ0) is 15.3. The Morgan fingerprint density at radius 2 is 2.00 bits per heavy atom.